The van der Waals surface area contributed by atoms with Crippen molar-refractivity contribution in [3.05, 3.63) is 132 Å². The van der Waals surface area contributed by atoms with Crippen LogP contribution in [0.15, 0.2) is 116 Å². The lowest BCUT2D eigenvalue weighted by Gasteiger charge is -2.11. The van der Waals surface area contributed by atoms with Crippen LogP contribution in [0.2, 0.25) is 5.02 Å². The molecule has 5 aromatic rings. The Morgan fingerprint density at radius 1 is 0.925 bits per heavy atom. The van der Waals surface area contributed by atoms with Gasteiger partial charge in [0.25, 0.3) is 11.8 Å². The summed E-state index contributed by atoms with van der Waals surface area (Å²) in [4.78, 5) is 30.5. The first-order valence-corrected chi connectivity index (χ1v) is 13.2. The number of carbonyl (C=O) groups is 2. The van der Waals surface area contributed by atoms with Crippen molar-refractivity contribution >= 4 is 29.5 Å². The van der Waals surface area contributed by atoms with E-state index in [1.54, 1.807) is 59.7 Å². The minimum absolute atomic E-state index is 0.110. The summed E-state index contributed by atoms with van der Waals surface area (Å²) >= 11 is 6.13. The fraction of sp³-hybridized carbons (Fsp3) is 0.0968. The predicted octanol–water partition coefficient (Wildman–Crippen LogP) is 5.37. The summed E-state index contributed by atoms with van der Waals surface area (Å²) in [6, 6.07) is 25.8. The third-order valence-electron chi connectivity index (χ3n) is 6.15. The molecule has 3 aromatic carbocycles. The predicted molar refractivity (Wildman–Crippen MR) is 156 cm³/mol. The number of nitrogens with one attached hydrogen (secondary N) is 2. The van der Waals surface area contributed by atoms with Crippen molar-refractivity contribution < 1.29 is 9.59 Å². The standard InChI is InChI=1S/C31H27ClN6O2/c32-26-14-12-23(13-15-26)29-25(21-38(36-29)27-10-5-2-6-11-27)20-28(35-30(39)24-8-3-1-4-9-24)31(40)34-16-7-18-37-19-17-33-22-37/h1-6,8-15,17,19-22H,7,16,18H2,(H,34,40)(H,35,39)/b28-20+. The lowest BCUT2D eigenvalue weighted by Crippen LogP contribution is -2.35. The summed E-state index contributed by atoms with van der Waals surface area (Å²) in [6.45, 7) is 1.13. The molecule has 0 saturated carbocycles. The van der Waals surface area contributed by atoms with Crippen LogP contribution in [0.3, 0.4) is 0 Å². The first-order chi connectivity index (χ1) is 19.6. The second kappa shape index (κ2) is 12.7. The van der Waals surface area contributed by atoms with Gasteiger partial charge in [-0.3, -0.25) is 9.59 Å². The third kappa shape index (κ3) is 6.73. The topological polar surface area (TPSA) is 93.8 Å². The van der Waals surface area contributed by atoms with Crippen molar-refractivity contribution in [3.8, 4) is 16.9 Å². The number of aryl methyl sites for hydroxylation is 1. The Balaban J connectivity index is 1.48. The van der Waals surface area contributed by atoms with Gasteiger partial charge in [-0.1, -0.05) is 60.1 Å². The SMILES string of the molecule is O=C(NCCCn1ccnc1)/C(=C\c1cn(-c2ccccc2)nc1-c1ccc(Cl)cc1)NC(=O)c1ccccc1. The number of hydrogen-bond acceptors (Lipinski definition) is 4. The smallest absolute Gasteiger partial charge is 0.267 e. The summed E-state index contributed by atoms with van der Waals surface area (Å²) in [5.41, 5.74) is 3.53. The number of imidazole rings is 1. The molecule has 200 valence electrons. The van der Waals surface area contributed by atoms with Gasteiger partial charge in [0.05, 0.1) is 12.0 Å². The highest BCUT2D eigenvalue weighted by Gasteiger charge is 2.18. The van der Waals surface area contributed by atoms with Crippen LogP contribution in [-0.2, 0) is 11.3 Å². The summed E-state index contributed by atoms with van der Waals surface area (Å²) in [6.07, 6.45) is 9.50. The zero-order valence-corrected chi connectivity index (χ0v) is 22.3. The second-order valence-electron chi connectivity index (χ2n) is 9.01. The molecule has 2 amide bonds. The van der Waals surface area contributed by atoms with E-state index < -0.39 is 5.91 Å². The van der Waals surface area contributed by atoms with Gasteiger partial charge < -0.3 is 15.2 Å². The van der Waals surface area contributed by atoms with Gasteiger partial charge in [0.15, 0.2) is 0 Å². The van der Waals surface area contributed by atoms with Gasteiger partial charge in [-0.25, -0.2) is 9.67 Å². The Hall–Kier alpha value is -4.95. The quantitative estimate of drug-likeness (QED) is 0.181. The molecule has 2 aromatic heterocycles. The zero-order valence-electron chi connectivity index (χ0n) is 21.6. The zero-order chi connectivity index (χ0) is 27.7. The molecule has 40 heavy (non-hydrogen) atoms. The van der Waals surface area contributed by atoms with E-state index in [-0.39, 0.29) is 11.6 Å². The van der Waals surface area contributed by atoms with Crippen LogP contribution in [0.5, 0.6) is 0 Å². The molecular weight excluding hydrogens is 524 g/mol. The molecule has 9 heteroatoms. The molecule has 0 saturated heterocycles. The van der Waals surface area contributed by atoms with Gasteiger partial charge >= 0.3 is 0 Å². The third-order valence-corrected chi connectivity index (χ3v) is 6.40. The number of benzene rings is 3. The number of aromatic nitrogens is 4. The minimum atomic E-state index is -0.399. The van der Waals surface area contributed by atoms with E-state index in [2.05, 4.69) is 15.6 Å². The lowest BCUT2D eigenvalue weighted by atomic mass is 10.1. The van der Waals surface area contributed by atoms with Gasteiger partial charge in [-0.2, -0.15) is 5.10 Å². The molecule has 0 unspecified atom stereocenters. The summed E-state index contributed by atoms with van der Waals surface area (Å²) < 4.78 is 3.69. The van der Waals surface area contributed by atoms with Crippen molar-refractivity contribution in [1.29, 1.82) is 0 Å². The van der Waals surface area contributed by atoms with Crippen LogP contribution in [0.4, 0.5) is 0 Å². The molecule has 0 fully saturated rings. The van der Waals surface area contributed by atoms with Gasteiger partial charge in [0, 0.05) is 53.4 Å². The van der Waals surface area contributed by atoms with Crippen LogP contribution in [0.1, 0.15) is 22.3 Å². The molecule has 5 rings (SSSR count). The van der Waals surface area contributed by atoms with E-state index in [0.29, 0.717) is 41.4 Å². The molecule has 0 bridgehead atoms. The molecule has 0 radical (unpaired) electrons. The number of rotatable bonds is 10. The highest BCUT2D eigenvalue weighted by Crippen LogP contribution is 2.27. The fourth-order valence-corrected chi connectivity index (χ4v) is 4.24. The van der Waals surface area contributed by atoms with E-state index in [0.717, 1.165) is 11.3 Å². The first-order valence-electron chi connectivity index (χ1n) is 12.8. The largest absolute Gasteiger partial charge is 0.351 e. The van der Waals surface area contributed by atoms with Crippen molar-refractivity contribution in [2.45, 2.75) is 13.0 Å². The molecule has 0 spiro atoms. The normalized spacial score (nSPS) is 11.3. The maximum Gasteiger partial charge on any atom is 0.267 e. The van der Waals surface area contributed by atoms with E-state index in [9.17, 15) is 9.59 Å². The van der Waals surface area contributed by atoms with Crippen molar-refractivity contribution in [1.82, 2.24) is 30.0 Å². The van der Waals surface area contributed by atoms with E-state index >= 15 is 0 Å². The van der Waals surface area contributed by atoms with E-state index in [1.807, 2.05) is 65.5 Å². The fourth-order valence-electron chi connectivity index (χ4n) is 4.11. The van der Waals surface area contributed by atoms with Crippen molar-refractivity contribution in [3.63, 3.8) is 0 Å². The molecule has 0 aliphatic heterocycles. The number of hydrogen-bond donors (Lipinski definition) is 2. The highest BCUT2D eigenvalue weighted by atomic mass is 35.5. The molecular formula is C31H27ClN6O2. The van der Waals surface area contributed by atoms with Gasteiger partial charge in [0.2, 0.25) is 0 Å². The number of halogens is 1. The Morgan fingerprint density at radius 3 is 2.35 bits per heavy atom. The average molecular weight is 551 g/mol. The van der Waals surface area contributed by atoms with Crippen LogP contribution >= 0.6 is 11.6 Å². The highest BCUT2D eigenvalue weighted by molar-refractivity contribution is 6.30. The molecule has 2 heterocycles. The summed E-state index contributed by atoms with van der Waals surface area (Å²) in [5.74, 6) is -0.784. The molecule has 8 nitrogen and oxygen atoms in total. The minimum Gasteiger partial charge on any atom is -0.351 e. The average Bonchev–Trinajstić information content (AvgIpc) is 3.67. The van der Waals surface area contributed by atoms with Crippen molar-refractivity contribution in [2.75, 3.05) is 6.54 Å². The monoisotopic (exact) mass is 550 g/mol. The van der Waals surface area contributed by atoms with Crippen LogP contribution in [-0.4, -0.2) is 37.7 Å². The number of amides is 2. The summed E-state index contributed by atoms with van der Waals surface area (Å²) in [7, 11) is 0. The Kier molecular flexibility index (Phi) is 8.48. The number of carbonyl (C=O) groups excluding carboxylic acids is 2. The van der Waals surface area contributed by atoms with Crippen LogP contribution < -0.4 is 10.6 Å². The van der Waals surface area contributed by atoms with E-state index in [1.165, 1.54) is 0 Å². The molecule has 0 atom stereocenters. The Bertz CT molecular complexity index is 1600. The van der Waals surface area contributed by atoms with Gasteiger partial charge in [-0.05, 0) is 48.9 Å². The second-order valence-corrected chi connectivity index (χ2v) is 9.44. The van der Waals surface area contributed by atoms with Crippen molar-refractivity contribution in [2.24, 2.45) is 0 Å². The first kappa shape index (κ1) is 26.6. The van der Waals surface area contributed by atoms with Crippen LogP contribution in [0, 0.1) is 0 Å². The summed E-state index contributed by atoms with van der Waals surface area (Å²) in [5, 5.41) is 11.2. The molecule has 0 aliphatic rings. The maximum atomic E-state index is 13.4. The number of nitrogens with zero attached hydrogens (tertiary/aromatic N) is 4. The van der Waals surface area contributed by atoms with Gasteiger partial charge in [0.1, 0.15) is 11.4 Å². The molecule has 2 N–H and O–H groups in total. The maximum absolute atomic E-state index is 13.4. The Labute approximate surface area is 236 Å². The van der Waals surface area contributed by atoms with Crippen LogP contribution in [0.25, 0.3) is 23.0 Å². The van der Waals surface area contributed by atoms with E-state index in [4.69, 9.17) is 16.7 Å². The van der Waals surface area contributed by atoms with Gasteiger partial charge in [-0.15, -0.1) is 0 Å². The number of para-hydroxylation sites is 1. The Morgan fingerprint density at radius 2 is 1.65 bits per heavy atom. The lowest BCUT2D eigenvalue weighted by molar-refractivity contribution is -0.117. The molecule has 0 aliphatic carbocycles.